The van der Waals surface area contributed by atoms with Gasteiger partial charge >= 0.3 is 5.97 Å². The monoisotopic (exact) mass is 228 g/mol. The second-order valence-corrected chi connectivity index (χ2v) is 4.22. The van der Waals surface area contributed by atoms with Gasteiger partial charge in [0.1, 0.15) is 0 Å². The lowest BCUT2D eigenvalue weighted by Gasteiger charge is -2.36. The van der Waals surface area contributed by atoms with Crippen molar-refractivity contribution >= 4 is 11.8 Å². The third-order valence-corrected chi connectivity index (χ3v) is 3.08. The van der Waals surface area contributed by atoms with Crippen molar-refractivity contribution in [2.75, 3.05) is 32.7 Å². The average Bonchev–Trinajstić information content (AvgIpc) is 2.28. The molecule has 1 saturated heterocycles. The highest BCUT2D eigenvalue weighted by molar-refractivity contribution is 6.34. The minimum Gasteiger partial charge on any atom is -0.475 e. The Bertz CT molecular complexity index is 260. The van der Waals surface area contributed by atoms with E-state index in [1.807, 2.05) is 4.90 Å². The van der Waals surface area contributed by atoms with Crippen molar-refractivity contribution in [3.8, 4) is 0 Å². The van der Waals surface area contributed by atoms with Gasteiger partial charge < -0.3 is 10.0 Å². The molecule has 1 aliphatic rings. The largest absolute Gasteiger partial charge is 0.475 e. The first-order chi connectivity index (χ1) is 7.56. The van der Waals surface area contributed by atoms with E-state index in [2.05, 4.69) is 11.8 Å². The number of carboxylic acids is 1. The van der Waals surface area contributed by atoms with Gasteiger partial charge in [-0.25, -0.2) is 4.79 Å². The highest BCUT2D eigenvalue weighted by Gasteiger charge is 2.28. The topological polar surface area (TPSA) is 60.9 Å². The number of Topliss-reactive ketones (excluding diaryl/α,β-unsaturated/α-hetero) is 1. The van der Waals surface area contributed by atoms with Crippen LogP contribution in [0.15, 0.2) is 0 Å². The maximum Gasteiger partial charge on any atom is 0.373 e. The van der Waals surface area contributed by atoms with Crippen molar-refractivity contribution in [1.82, 2.24) is 9.80 Å². The fourth-order valence-electron chi connectivity index (χ4n) is 2.03. The van der Waals surface area contributed by atoms with Crippen molar-refractivity contribution < 1.29 is 14.7 Å². The van der Waals surface area contributed by atoms with Crippen LogP contribution in [0.5, 0.6) is 0 Å². The SMILES string of the molecule is CCCN1CCN(C(C)C(=O)C(=O)O)CC1. The van der Waals surface area contributed by atoms with E-state index in [0.29, 0.717) is 0 Å². The first-order valence-corrected chi connectivity index (χ1v) is 5.79. The van der Waals surface area contributed by atoms with Crippen LogP contribution in [0, 0.1) is 0 Å². The van der Waals surface area contributed by atoms with Crippen LogP contribution in [-0.2, 0) is 9.59 Å². The highest BCUT2D eigenvalue weighted by atomic mass is 16.4. The van der Waals surface area contributed by atoms with Crippen molar-refractivity contribution in [3.05, 3.63) is 0 Å². The van der Waals surface area contributed by atoms with E-state index in [1.54, 1.807) is 6.92 Å². The number of hydrogen-bond acceptors (Lipinski definition) is 4. The molecule has 1 fully saturated rings. The molecule has 0 aromatic rings. The van der Waals surface area contributed by atoms with E-state index >= 15 is 0 Å². The van der Waals surface area contributed by atoms with Crippen molar-refractivity contribution in [1.29, 1.82) is 0 Å². The maximum absolute atomic E-state index is 11.3. The Labute approximate surface area is 96.0 Å². The van der Waals surface area contributed by atoms with Gasteiger partial charge in [-0.3, -0.25) is 9.69 Å². The van der Waals surface area contributed by atoms with Gasteiger partial charge in [-0.05, 0) is 19.9 Å². The number of nitrogens with zero attached hydrogens (tertiary/aromatic N) is 2. The molecule has 1 N–H and O–H groups in total. The zero-order valence-electron chi connectivity index (χ0n) is 9.98. The molecule has 0 saturated carbocycles. The molecule has 1 atom stereocenters. The fraction of sp³-hybridized carbons (Fsp3) is 0.818. The Morgan fingerprint density at radius 1 is 1.25 bits per heavy atom. The molecule has 0 spiro atoms. The lowest BCUT2D eigenvalue weighted by atomic mass is 10.1. The van der Waals surface area contributed by atoms with E-state index in [1.165, 1.54) is 0 Å². The summed E-state index contributed by atoms with van der Waals surface area (Å²) in [5.74, 6) is -2.03. The van der Waals surface area contributed by atoms with Gasteiger partial charge in [-0.15, -0.1) is 0 Å². The predicted octanol–water partition coefficient (Wildman–Crippen LogP) is 0.0562. The number of ketones is 1. The minimum atomic E-state index is -1.33. The van der Waals surface area contributed by atoms with Gasteiger partial charge in [0.2, 0.25) is 0 Å². The number of carbonyl (C=O) groups is 2. The normalized spacial score (nSPS) is 20.6. The van der Waals surface area contributed by atoms with Crippen LogP contribution in [-0.4, -0.2) is 65.4 Å². The lowest BCUT2D eigenvalue weighted by Crippen LogP contribution is -2.52. The van der Waals surface area contributed by atoms with Crippen LogP contribution in [0.3, 0.4) is 0 Å². The van der Waals surface area contributed by atoms with Crippen LogP contribution in [0.2, 0.25) is 0 Å². The summed E-state index contributed by atoms with van der Waals surface area (Å²) < 4.78 is 0. The Morgan fingerprint density at radius 2 is 1.81 bits per heavy atom. The minimum absolute atomic E-state index is 0.499. The van der Waals surface area contributed by atoms with Gasteiger partial charge in [0, 0.05) is 26.2 Å². The summed E-state index contributed by atoms with van der Waals surface area (Å²) in [6, 6.07) is -0.499. The number of rotatable bonds is 5. The number of carbonyl (C=O) groups excluding carboxylic acids is 1. The summed E-state index contributed by atoms with van der Waals surface area (Å²) in [5, 5.41) is 8.63. The molecule has 16 heavy (non-hydrogen) atoms. The number of aliphatic carboxylic acids is 1. The summed E-state index contributed by atoms with van der Waals surface area (Å²) in [6.07, 6.45) is 1.13. The van der Waals surface area contributed by atoms with Gasteiger partial charge in [0.05, 0.1) is 6.04 Å². The molecule has 5 nitrogen and oxygen atoms in total. The quantitative estimate of drug-likeness (QED) is 0.674. The van der Waals surface area contributed by atoms with Crippen LogP contribution in [0.25, 0.3) is 0 Å². The second-order valence-electron chi connectivity index (χ2n) is 4.22. The summed E-state index contributed by atoms with van der Waals surface area (Å²) in [7, 11) is 0. The van der Waals surface area contributed by atoms with Gasteiger partial charge in [0.15, 0.2) is 0 Å². The standard InChI is InChI=1S/C11H20N2O3/c1-3-4-12-5-7-13(8-6-12)9(2)10(14)11(15)16/h9H,3-8H2,1-2H3,(H,15,16). The molecule has 0 bridgehead atoms. The Hall–Kier alpha value is -0.940. The van der Waals surface area contributed by atoms with E-state index in [0.717, 1.165) is 39.1 Å². The van der Waals surface area contributed by atoms with Gasteiger partial charge in [0.25, 0.3) is 5.78 Å². The molecule has 5 heteroatoms. The van der Waals surface area contributed by atoms with E-state index in [4.69, 9.17) is 5.11 Å². The maximum atomic E-state index is 11.3. The molecule has 1 aliphatic heterocycles. The smallest absolute Gasteiger partial charge is 0.373 e. The highest BCUT2D eigenvalue weighted by Crippen LogP contribution is 2.07. The number of piperazine rings is 1. The lowest BCUT2D eigenvalue weighted by molar-refractivity contribution is -0.151. The van der Waals surface area contributed by atoms with Gasteiger partial charge in [-0.2, -0.15) is 0 Å². The number of hydrogen-bond donors (Lipinski definition) is 1. The van der Waals surface area contributed by atoms with E-state index < -0.39 is 17.8 Å². The van der Waals surface area contributed by atoms with Crippen molar-refractivity contribution in [2.24, 2.45) is 0 Å². The molecular formula is C11H20N2O3. The van der Waals surface area contributed by atoms with Crippen molar-refractivity contribution in [3.63, 3.8) is 0 Å². The second kappa shape index (κ2) is 5.96. The molecule has 0 aromatic carbocycles. The summed E-state index contributed by atoms with van der Waals surface area (Å²) >= 11 is 0. The molecule has 1 unspecified atom stereocenters. The zero-order valence-corrected chi connectivity index (χ0v) is 9.98. The molecule has 0 aliphatic carbocycles. The van der Waals surface area contributed by atoms with Crippen LogP contribution in [0.4, 0.5) is 0 Å². The summed E-state index contributed by atoms with van der Waals surface area (Å²) in [6.45, 7) is 8.29. The molecule has 1 heterocycles. The summed E-state index contributed by atoms with van der Waals surface area (Å²) in [4.78, 5) is 26.1. The van der Waals surface area contributed by atoms with Gasteiger partial charge in [-0.1, -0.05) is 6.92 Å². The van der Waals surface area contributed by atoms with Crippen LogP contribution < -0.4 is 0 Å². The summed E-state index contributed by atoms with van der Waals surface area (Å²) in [5.41, 5.74) is 0. The van der Waals surface area contributed by atoms with E-state index in [9.17, 15) is 9.59 Å². The number of carboxylic acid groups (broad SMARTS) is 1. The molecule has 92 valence electrons. The molecule has 0 aromatic heterocycles. The van der Waals surface area contributed by atoms with E-state index in [-0.39, 0.29) is 0 Å². The molecule has 1 rings (SSSR count). The Morgan fingerprint density at radius 3 is 2.25 bits per heavy atom. The third-order valence-electron chi connectivity index (χ3n) is 3.08. The fourth-order valence-corrected chi connectivity index (χ4v) is 2.03. The molecular weight excluding hydrogens is 208 g/mol. The van der Waals surface area contributed by atoms with Crippen molar-refractivity contribution in [2.45, 2.75) is 26.3 Å². The Balaban J connectivity index is 2.41. The first kappa shape index (κ1) is 13.1. The van der Waals surface area contributed by atoms with Crippen LogP contribution in [0.1, 0.15) is 20.3 Å². The molecule has 0 amide bonds. The Kier molecular flexibility index (Phi) is 4.89. The zero-order chi connectivity index (χ0) is 12.1. The van der Waals surface area contributed by atoms with Crippen LogP contribution >= 0.6 is 0 Å². The first-order valence-electron chi connectivity index (χ1n) is 5.79. The predicted molar refractivity (Wildman–Crippen MR) is 60.4 cm³/mol. The average molecular weight is 228 g/mol. The molecule has 0 radical (unpaired) electrons. The third kappa shape index (κ3) is 3.28.